The summed E-state index contributed by atoms with van der Waals surface area (Å²) in [5, 5.41) is 0. The van der Waals surface area contributed by atoms with Gasteiger partial charge < -0.3 is 14.2 Å². The van der Waals surface area contributed by atoms with Crippen LogP contribution >= 0.6 is 27.3 Å². The van der Waals surface area contributed by atoms with Crippen LogP contribution in [-0.4, -0.2) is 30.4 Å². The van der Waals surface area contributed by atoms with E-state index >= 15 is 0 Å². The molecule has 1 unspecified atom stereocenters. The van der Waals surface area contributed by atoms with Crippen LogP contribution in [0.5, 0.6) is 11.5 Å². The van der Waals surface area contributed by atoms with Crippen molar-refractivity contribution in [2.24, 2.45) is 4.99 Å². The molecule has 4 rings (SSSR count). The minimum Gasteiger partial charge on any atom is -0.493 e. The molecule has 2 heterocycles. The fourth-order valence-electron chi connectivity index (χ4n) is 4.06. The van der Waals surface area contributed by atoms with E-state index < -0.39 is 12.0 Å². The third-order valence-electron chi connectivity index (χ3n) is 5.53. The molecule has 0 N–H and O–H groups in total. The second-order valence-electron chi connectivity index (χ2n) is 8.43. The number of ether oxygens (including phenoxy) is 3. The van der Waals surface area contributed by atoms with Crippen LogP contribution in [0.3, 0.4) is 0 Å². The smallest absolute Gasteiger partial charge is 0.338 e. The highest BCUT2D eigenvalue weighted by Crippen LogP contribution is 2.36. The van der Waals surface area contributed by atoms with Gasteiger partial charge in [-0.25, -0.2) is 9.79 Å². The van der Waals surface area contributed by atoms with E-state index in [-0.39, 0.29) is 18.3 Å². The Morgan fingerprint density at radius 3 is 2.67 bits per heavy atom. The molecule has 188 valence electrons. The van der Waals surface area contributed by atoms with E-state index in [1.165, 1.54) is 11.3 Å². The van der Waals surface area contributed by atoms with Gasteiger partial charge in [0.25, 0.3) is 5.56 Å². The quantitative estimate of drug-likeness (QED) is 0.394. The molecule has 3 aromatic rings. The minimum atomic E-state index is -0.730. The molecule has 2 aromatic carbocycles. The third-order valence-corrected chi connectivity index (χ3v) is 7.01. The lowest BCUT2D eigenvalue weighted by atomic mass is 9.95. The highest BCUT2D eigenvalue weighted by atomic mass is 79.9. The summed E-state index contributed by atoms with van der Waals surface area (Å²) in [5.41, 5.74) is 2.16. The lowest BCUT2D eigenvalue weighted by molar-refractivity contribution is -0.139. The van der Waals surface area contributed by atoms with Gasteiger partial charge in [0.15, 0.2) is 16.3 Å². The Hall–Kier alpha value is -3.17. The number of carbonyl (C=O) groups excluding carboxylic acids is 1. The molecular weight excluding hydrogens is 544 g/mol. The van der Waals surface area contributed by atoms with Crippen molar-refractivity contribution < 1.29 is 19.0 Å². The van der Waals surface area contributed by atoms with Gasteiger partial charge in [-0.2, -0.15) is 0 Å². The number of hydrogen-bond donors (Lipinski definition) is 0. The van der Waals surface area contributed by atoms with Gasteiger partial charge >= 0.3 is 5.97 Å². The van der Waals surface area contributed by atoms with E-state index in [0.29, 0.717) is 37.7 Å². The molecule has 0 aliphatic carbocycles. The average Bonchev–Trinajstić information content (AvgIpc) is 3.12. The van der Waals surface area contributed by atoms with Crippen LogP contribution in [0, 0.1) is 0 Å². The predicted octanol–water partition coefficient (Wildman–Crippen LogP) is 4.36. The topological polar surface area (TPSA) is 79.1 Å². The molecule has 1 aliphatic heterocycles. The second kappa shape index (κ2) is 10.8. The van der Waals surface area contributed by atoms with Crippen LogP contribution in [0.4, 0.5) is 0 Å². The fraction of sp³-hybridized carbons (Fsp3) is 0.296. The molecule has 36 heavy (non-hydrogen) atoms. The molecule has 0 saturated carbocycles. The standard InChI is InChI=1S/C27H27BrN2O5S/c1-6-34-26(32)23-16(4)29-27-30(25(31)22(36-27)13-17-8-7-9-19(28)12-17)24(23)18-10-11-20(35-15(2)3)21(14-18)33-5/h7-15,24H,6H2,1-5H3. The van der Waals surface area contributed by atoms with Crippen molar-refractivity contribution in [2.45, 2.75) is 39.8 Å². The van der Waals surface area contributed by atoms with Gasteiger partial charge in [-0.1, -0.05) is 45.5 Å². The Morgan fingerprint density at radius 2 is 2.00 bits per heavy atom. The molecule has 1 atom stereocenters. The number of carbonyl (C=O) groups is 1. The van der Waals surface area contributed by atoms with Crippen molar-refractivity contribution >= 4 is 39.3 Å². The zero-order valence-corrected chi connectivity index (χ0v) is 23.1. The summed E-state index contributed by atoms with van der Waals surface area (Å²) in [6.07, 6.45) is 1.78. The maximum Gasteiger partial charge on any atom is 0.338 e. The van der Waals surface area contributed by atoms with E-state index in [4.69, 9.17) is 14.2 Å². The van der Waals surface area contributed by atoms with E-state index in [9.17, 15) is 9.59 Å². The summed E-state index contributed by atoms with van der Waals surface area (Å²) in [7, 11) is 1.56. The highest BCUT2D eigenvalue weighted by molar-refractivity contribution is 9.10. The molecule has 0 saturated heterocycles. The molecule has 1 aromatic heterocycles. The molecule has 0 bridgehead atoms. The number of aromatic nitrogens is 1. The molecule has 7 nitrogen and oxygen atoms in total. The summed E-state index contributed by atoms with van der Waals surface area (Å²) in [5.74, 6) is 0.582. The molecular formula is C27H27BrN2O5S. The molecule has 0 spiro atoms. The van der Waals surface area contributed by atoms with E-state index in [0.717, 1.165) is 10.0 Å². The zero-order valence-electron chi connectivity index (χ0n) is 20.7. The number of allylic oxidation sites excluding steroid dienone is 1. The van der Waals surface area contributed by atoms with Gasteiger partial charge in [0.1, 0.15) is 0 Å². The summed E-state index contributed by atoms with van der Waals surface area (Å²) in [6.45, 7) is 7.58. The number of nitrogens with zero attached hydrogens (tertiary/aromatic N) is 2. The van der Waals surface area contributed by atoms with Gasteiger partial charge in [0.2, 0.25) is 0 Å². The van der Waals surface area contributed by atoms with Crippen molar-refractivity contribution in [1.29, 1.82) is 0 Å². The van der Waals surface area contributed by atoms with E-state index in [2.05, 4.69) is 20.9 Å². The van der Waals surface area contributed by atoms with Gasteiger partial charge in [-0.3, -0.25) is 9.36 Å². The Kier molecular flexibility index (Phi) is 7.80. The van der Waals surface area contributed by atoms with Crippen LogP contribution in [-0.2, 0) is 9.53 Å². The maximum atomic E-state index is 13.7. The predicted molar refractivity (Wildman–Crippen MR) is 143 cm³/mol. The maximum absolute atomic E-state index is 13.7. The molecule has 0 radical (unpaired) electrons. The van der Waals surface area contributed by atoms with Crippen LogP contribution in [0.25, 0.3) is 6.08 Å². The number of methoxy groups -OCH3 is 1. The van der Waals surface area contributed by atoms with Crippen LogP contribution in [0.15, 0.2) is 68.0 Å². The number of esters is 1. The molecule has 0 fully saturated rings. The van der Waals surface area contributed by atoms with Crippen molar-refractivity contribution in [3.05, 3.63) is 89.0 Å². The lowest BCUT2D eigenvalue weighted by Gasteiger charge is -2.25. The number of thiazole rings is 1. The van der Waals surface area contributed by atoms with E-state index in [1.54, 1.807) is 37.7 Å². The zero-order chi connectivity index (χ0) is 26.0. The van der Waals surface area contributed by atoms with Crippen LogP contribution in [0.1, 0.15) is 44.9 Å². The first kappa shape index (κ1) is 25.9. The Balaban J connectivity index is 1.95. The van der Waals surface area contributed by atoms with Crippen molar-refractivity contribution in [3.8, 4) is 11.5 Å². The van der Waals surface area contributed by atoms with Crippen LogP contribution in [0.2, 0.25) is 0 Å². The first-order chi connectivity index (χ1) is 17.2. The number of hydrogen-bond acceptors (Lipinski definition) is 7. The summed E-state index contributed by atoms with van der Waals surface area (Å²) < 4.78 is 19.8. The second-order valence-corrected chi connectivity index (χ2v) is 10.4. The SMILES string of the molecule is CCOC(=O)C1=C(C)N=c2sc(=Cc3cccc(Br)c3)c(=O)n2C1c1ccc(OC(C)C)c(OC)c1. The first-order valence-electron chi connectivity index (χ1n) is 11.5. The average molecular weight is 571 g/mol. The van der Waals surface area contributed by atoms with Gasteiger partial charge in [0.05, 0.1) is 41.7 Å². The van der Waals surface area contributed by atoms with Gasteiger partial charge in [-0.15, -0.1) is 0 Å². The lowest BCUT2D eigenvalue weighted by Crippen LogP contribution is -2.40. The summed E-state index contributed by atoms with van der Waals surface area (Å²) in [6, 6.07) is 12.4. The monoisotopic (exact) mass is 570 g/mol. The van der Waals surface area contributed by atoms with Crippen molar-refractivity contribution in [2.75, 3.05) is 13.7 Å². The van der Waals surface area contributed by atoms with Gasteiger partial charge in [0, 0.05) is 4.47 Å². The van der Waals surface area contributed by atoms with E-state index in [1.807, 2.05) is 50.3 Å². The molecule has 9 heteroatoms. The number of rotatable bonds is 7. The Labute approximate surface area is 221 Å². The van der Waals surface area contributed by atoms with Gasteiger partial charge in [-0.05, 0) is 69.2 Å². The Morgan fingerprint density at radius 1 is 1.22 bits per heavy atom. The number of fused-ring (bicyclic) bond motifs is 1. The first-order valence-corrected chi connectivity index (χ1v) is 13.1. The highest BCUT2D eigenvalue weighted by Gasteiger charge is 2.34. The van der Waals surface area contributed by atoms with Crippen molar-refractivity contribution in [1.82, 2.24) is 4.57 Å². The minimum absolute atomic E-state index is 0.0438. The number of halogens is 1. The summed E-state index contributed by atoms with van der Waals surface area (Å²) in [4.78, 5) is 32.0. The van der Waals surface area contributed by atoms with Crippen LogP contribution < -0.4 is 24.4 Å². The normalized spacial score (nSPS) is 15.5. The summed E-state index contributed by atoms with van der Waals surface area (Å²) >= 11 is 4.76. The largest absolute Gasteiger partial charge is 0.493 e. The Bertz CT molecular complexity index is 1520. The third kappa shape index (κ3) is 5.17. The number of benzene rings is 2. The fourth-order valence-corrected chi connectivity index (χ4v) is 5.52. The molecule has 0 amide bonds. The molecule has 1 aliphatic rings. The van der Waals surface area contributed by atoms with Crippen molar-refractivity contribution in [3.63, 3.8) is 0 Å².